The molecule has 2 N–H and O–H groups in total. The van der Waals surface area contributed by atoms with E-state index in [1.165, 1.54) is 6.07 Å². The van der Waals surface area contributed by atoms with Crippen LogP contribution >= 0.6 is 11.6 Å². The minimum atomic E-state index is -0.419. The number of hydrogen-bond acceptors (Lipinski definition) is 2. The molecule has 0 bridgehead atoms. The number of halogens is 2. The second kappa shape index (κ2) is 6.04. The van der Waals surface area contributed by atoms with Gasteiger partial charge in [-0.25, -0.2) is 4.39 Å². The molecule has 0 heterocycles. The van der Waals surface area contributed by atoms with Crippen molar-refractivity contribution in [2.24, 2.45) is 0 Å². The zero-order valence-electron chi connectivity index (χ0n) is 10.5. The van der Waals surface area contributed by atoms with E-state index in [1.54, 1.807) is 30.3 Å². The first-order chi connectivity index (χ1) is 9.10. The lowest BCUT2D eigenvalue weighted by atomic mass is 9.99. The Kier molecular flexibility index (Phi) is 4.40. The predicted octanol–water partition coefficient (Wildman–Crippen LogP) is 3.69. The quantitative estimate of drug-likeness (QED) is 0.895. The van der Waals surface area contributed by atoms with Crippen molar-refractivity contribution >= 4 is 11.6 Å². The molecule has 0 fully saturated rings. The van der Waals surface area contributed by atoms with Crippen molar-refractivity contribution < 1.29 is 9.50 Å². The highest BCUT2D eigenvalue weighted by atomic mass is 35.5. The summed E-state index contributed by atoms with van der Waals surface area (Å²) in [5.74, 6) is -0.179. The highest BCUT2D eigenvalue weighted by Gasteiger charge is 2.12. The van der Waals surface area contributed by atoms with Crippen molar-refractivity contribution in [1.29, 1.82) is 0 Å². The summed E-state index contributed by atoms with van der Waals surface area (Å²) >= 11 is 5.80. The number of nitrogens with one attached hydrogen (secondary N) is 1. The number of benzene rings is 2. The van der Waals surface area contributed by atoms with Gasteiger partial charge in [-0.1, -0.05) is 29.8 Å². The van der Waals surface area contributed by atoms with Crippen LogP contribution in [0.25, 0.3) is 0 Å². The molecule has 0 aromatic heterocycles. The molecule has 0 saturated carbocycles. The summed E-state index contributed by atoms with van der Waals surface area (Å²) in [6.07, 6.45) is 0.687. The highest BCUT2D eigenvalue weighted by molar-refractivity contribution is 6.30. The van der Waals surface area contributed by atoms with Gasteiger partial charge in [-0.05, 0) is 48.9 Å². The van der Waals surface area contributed by atoms with E-state index in [0.717, 1.165) is 11.1 Å². The fourth-order valence-electron chi connectivity index (χ4n) is 2.03. The molecule has 2 aromatic rings. The summed E-state index contributed by atoms with van der Waals surface area (Å²) in [6, 6.07) is 11.8. The zero-order valence-corrected chi connectivity index (χ0v) is 11.3. The van der Waals surface area contributed by atoms with Gasteiger partial charge in [0.15, 0.2) is 0 Å². The molecule has 1 unspecified atom stereocenters. The van der Waals surface area contributed by atoms with Crippen LogP contribution in [0.5, 0.6) is 5.75 Å². The minimum absolute atomic E-state index is 0.0138. The Morgan fingerprint density at radius 3 is 2.68 bits per heavy atom. The first kappa shape index (κ1) is 13.8. The van der Waals surface area contributed by atoms with Crippen molar-refractivity contribution in [2.75, 3.05) is 7.05 Å². The lowest BCUT2D eigenvalue weighted by molar-refractivity contribution is 0.473. The monoisotopic (exact) mass is 279 g/mol. The molecule has 2 aromatic carbocycles. The van der Waals surface area contributed by atoms with Gasteiger partial charge in [-0.2, -0.15) is 0 Å². The molecule has 100 valence electrons. The summed E-state index contributed by atoms with van der Waals surface area (Å²) in [5, 5.41) is 12.7. The van der Waals surface area contributed by atoms with Crippen LogP contribution in [-0.2, 0) is 6.42 Å². The van der Waals surface area contributed by atoms with E-state index in [2.05, 4.69) is 5.32 Å². The van der Waals surface area contributed by atoms with E-state index in [9.17, 15) is 9.50 Å². The molecule has 0 aliphatic carbocycles. The van der Waals surface area contributed by atoms with Crippen molar-refractivity contribution in [3.63, 3.8) is 0 Å². The van der Waals surface area contributed by atoms with E-state index in [0.29, 0.717) is 6.42 Å². The summed E-state index contributed by atoms with van der Waals surface area (Å²) in [6.45, 7) is 0. The SMILES string of the molecule is CNC(Cc1cccc(O)c1)c1ccc(F)c(Cl)c1. The van der Waals surface area contributed by atoms with E-state index in [-0.39, 0.29) is 16.8 Å². The number of phenolic OH excluding ortho intramolecular Hbond substituents is 1. The van der Waals surface area contributed by atoms with E-state index in [4.69, 9.17) is 11.6 Å². The van der Waals surface area contributed by atoms with Crippen LogP contribution in [0.4, 0.5) is 4.39 Å². The van der Waals surface area contributed by atoms with Crippen LogP contribution < -0.4 is 5.32 Å². The Morgan fingerprint density at radius 1 is 1.26 bits per heavy atom. The van der Waals surface area contributed by atoms with E-state index in [1.807, 2.05) is 13.1 Å². The first-order valence-electron chi connectivity index (χ1n) is 6.00. The number of rotatable bonds is 4. The van der Waals surface area contributed by atoms with Gasteiger partial charge < -0.3 is 10.4 Å². The van der Waals surface area contributed by atoms with Crippen LogP contribution in [0.3, 0.4) is 0 Å². The molecule has 2 nitrogen and oxygen atoms in total. The number of hydrogen-bond donors (Lipinski definition) is 2. The molecule has 0 radical (unpaired) electrons. The van der Waals surface area contributed by atoms with Crippen LogP contribution in [0.15, 0.2) is 42.5 Å². The molecule has 4 heteroatoms. The van der Waals surface area contributed by atoms with Crippen molar-refractivity contribution in [3.8, 4) is 5.75 Å². The fraction of sp³-hybridized carbons (Fsp3) is 0.200. The second-order valence-corrected chi connectivity index (χ2v) is 4.80. The molecular weight excluding hydrogens is 265 g/mol. The Bertz CT molecular complexity index is 574. The number of phenols is 1. The predicted molar refractivity (Wildman–Crippen MR) is 75.0 cm³/mol. The van der Waals surface area contributed by atoms with Crippen LogP contribution in [-0.4, -0.2) is 12.2 Å². The molecule has 0 aliphatic rings. The lowest BCUT2D eigenvalue weighted by Gasteiger charge is -2.17. The average Bonchev–Trinajstić information content (AvgIpc) is 2.39. The maximum absolute atomic E-state index is 13.2. The summed E-state index contributed by atoms with van der Waals surface area (Å²) in [5.41, 5.74) is 1.91. The number of likely N-dealkylation sites (N-methyl/N-ethyl adjacent to an activating group) is 1. The van der Waals surface area contributed by atoms with Crippen molar-refractivity contribution in [3.05, 3.63) is 64.4 Å². The Hall–Kier alpha value is -1.58. The second-order valence-electron chi connectivity index (χ2n) is 4.39. The van der Waals surface area contributed by atoms with Crippen molar-refractivity contribution in [1.82, 2.24) is 5.32 Å². The standard InChI is InChI=1S/C15H15ClFNO/c1-18-15(8-10-3-2-4-12(19)7-10)11-5-6-14(17)13(16)9-11/h2-7,9,15,18-19H,8H2,1H3. The van der Waals surface area contributed by atoms with Gasteiger partial charge in [-0.3, -0.25) is 0 Å². The highest BCUT2D eigenvalue weighted by Crippen LogP contribution is 2.24. The first-order valence-corrected chi connectivity index (χ1v) is 6.38. The van der Waals surface area contributed by atoms with Gasteiger partial charge in [0.2, 0.25) is 0 Å². The van der Waals surface area contributed by atoms with Gasteiger partial charge >= 0.3 is 0 Å². The third-order valence-electron chi connectivity index (χ3n) is 3.04. The molecule has 0 spiro atoms. The van der Waals surface area contributed by atoms with Gasteiger partial charge in [-0.15, -0.1) is 0 Å². The number of aromatic hydroxyl groups is 1. The summed E-state index contributed by atoms with van der Waals surface area (Å²) < 4.78 is 13.2. The van der Waals surface area contributed by atoms with Gasteiger partial charge in [0, 0.05) is 6.04 Å². The molecule has 0 saturated heterocycles. The normalized spacial score (nSPS) is 12.4. The Morgan fingerprint density at radius 2 is 2.05 bits per heavy atom. The third kappa shape index (κ3) is 3.46. The van der Waals surface area contributed by atoms with Crippen LogP contribution in [0.2, 0.25) is 5.02 Å². The molecule has 0 amide bonds. The van der Waals surface area contributed by atoms with E-state index >= 15 is 0 Å². The molecule has 0 aliphatic heterocycles. The lowest BCUT2D eigenvalue weighted by Crippen LogP contribution is -2.18. The topological polar surface area (TPSA) is 32.3 Å². The summed E-state index contributed by atoms with van der Waals surface area (Å²) in [4.78, 5) is 0. The van der Waals surface area contributed by atoms with E-state index < -0.39 is 5.82 Å². The molecule has 19 heavy (non-hydrogen) atoms. The van der Waals surface area contributed by atoms with Gasteiger partial charge in [0.25, 0.3) is 0 Å². The third-order valence-corrected chi connectivity index (χ3v) is 3.33. The van der Waals surface area contributed by atoms with Gasteiger partial charge in [0.1, 0.15) is 11.6 Å². The Labute approximate surface area is 116 Å². The maximum atomic E-state index is 13.2. The smallest absolute Gasteiger partial charge is 0.141 e. The molecular formula is C15H15ClFNO. The maximum Gasteiger partial charge on any atom is 0.141 e. The van der Waals surface area contributed by atoms with Crippen molar-refractivity contribution in [2.45, 2.75) is 12.5 Å². The minimum Gasteiger partial charge on any atom is -0.508 e. The van der Waals surface area contributed by atoms with Crippen LogP contribution in [0.1, 0.15) is 17.2 Å². The Balaban J connectivity index is 2.22. The average molecular weight is 280 g/mol. The summed E-state index contributed by atoms with van der Waals surface area (Å²) in [7, 11) is 1.84. The molecule has 1 atom stereocenters. The van der Waals surface area contributed by atoms with Gasteiger partial charge in [0.05, 0.1) is 5.02 Å². The molecule has 2 rings (SSSR count). The zero-order chi connectivity index (χ0) is 13.8. The van der Waals surface area contributed by atoms with Crippen LogP contribution in [0, 0.1) is 5.82 Å². The fourth-order valence-corrected chi connectivity index (χ4v) is 2.22. The largest absolute Gasteiger partial charge is 0.508 e.